The van der Waals surface area contributed by atoms with E-state index < -0.39 is 5.97 Å². The maximum absolute atomic E-state index is 11.6. The fourth-order valence-electron chi connectivity index (χ4n) is 1.33. The van der Waals surface area contributed by atoms with Crippen LogP contribution in [0.25, 0.3) is 11.6 Å². The number of nitrogens with one attached hydrogen (secondary N) is 1. The minimum absolute atomic E-state index is 0.0193. The molecule has 8 heteroatoms. The molecule has 0 bridgehead atoms. The number of carbonyl (C=O) groups is 2. The van der Waals surface area contributed by atoms with Crippen LogP contribution in [-0.4, -0.2) is 55.5 Å². The average Bonchev–Trinajstić information content (AvgIpc) is 2.96. The van der Waals surface area contributed by atoms with Gasteiger partial charge in [-0.25, -0.2) is 9.97 Å². The fourth-order valence-corrected chi connectivity index (χ4v) is 1.33. The number of hydrogen-bond donors (Lipinski definition) is 2. The second kappa shape index (κ2) is 7.07. The quantitative estimate of drug-likeness (QED) is 0.849. The van der Waals surface area contributed by atoms with Crippen molar-refractivity contribution in [3.05, 3.63) is 24.8 Å². The predicted molar refractivity (Wildman–Crippen MR) is 71.8 cm³/mol. The first-order valence-corrected chi connectivity index (χ1v) is 5.82. The Morgan fingerprint density at radius 3 is 2.50 bits per heavy atom. The minimum atomic E-state index is -0.833. The number of carboxylic acids is 1. The van der Waals surface area contributed by atoms with Crippen molar-refractivity contribution < 1.29 is 14.7 Å². The number of amides is 1. The third-order valence-corrected chi connectivity index (χ3v) is 2.23. The number of likely N-dealkylation sites (N-methyl/N-ethyl adjacent to an activating group) is 1. The zero-order chi connectivity index (χ0) is 15.1. The Bertz CT molecular complexity index is 555. The number of aromatic amines is 1. The molecule has 1 amide bonds. The molecule has 0 aliphatic rings. The van der Waals surface area contributed by atoms with E-state index in [1.165, 1.54) is 0 Å². The molecule has 0 saturated carbocycles. The molecule has 0 saturated heterocycles. The van der Waals surface area contributed by atoms with Gasteiger partial charge in [0.15, 0.2) is 11.6 Å². The molecule has 0 aliphatic carbocycles. The van der Waals surface area contributed by atoms with Gasteiger partial charge in [-0.3, -0.25) is 9.59 Å². The zero-order valence-electron chi connectivity index (χ0n) is 11.6. The minimum Gasteiger partial charge on any atom is -0.481 e. The van der Waals surface area contributed by atoms with Crippen LogP contribution in [0, 0.1) is 0 Å². The fraction of sp³-hybridized carbons (Fsp3) is 0.333. The van der Waals surface area contributed by atoms with E-state index in [1.807, 2.05) is 0 Å². The maximum Gasteiger partial charge on any atom is 0.300 e. The number of hydrogen-bond acceptors (Lipinski definition) is 4. The smallest absolute Gasteiger partial charge is 0.300 e. The van der Waals surface area contributed by atoms with Crippen LogP contribution < -0.4 is 0 Å². The van der Waals surface area contributed by atoms with Crippen LogP contribution in [0.2, 0.25) is 0 Å². The number of imidazole rings is 2. The number of carbonyl (C=O) groups excluding carboxylic acids is 1. The van der Waals surface area contributed by atoms with Gasteiger partial charge in [-0.05, 0) is 0 Å². The van der Waals surface area contributed by atoms with Gasteiger partial charge in [-0.15, -0.1) is 0 Å². The Morgan fingerprint density at radius 2 is 2.00 bits per heavy atom. The van der Waals surface area contributed by atoms with Crippen molar-refractivity contribution in [2.75, 3.05) is 14.1 Å². The summed E-state index contributed by atoms with van der Waals surface area (Å²) in [5.74, 6) is 0.516. The SMILES string of the molecule is CC(=O)O.CN(C)C(=O)Cn1ccnc1-c1ncc[nH]1. The lowest BCUT2D eigenvalue weighted by molar-refractivity contribution is -0.134. The molecule has 0 aliphatic heterocycles. The first-order chi connectivity index (χ1) is 9.41. The first kappa shape index (κ1) is 15.4. The van der Waals surface area contributed by atoms with E-state index in [9.17, 15) is 4.79 Å². The van der Waals surface area contributed by atoms with E-state index in [0.29, 0.717) is 11.6 Å². The van der Waals surface area contributed by atoms with Crippen molar-refractivity contribution in [1.29, 1.82) is 0 Å². The summed E-state index contributed by atoms with van der Waals surface area (Å²) in [6.45, 7) is 1.35. The van der Waals surface area contributed by atoms with Crippen LogP contribution in [-0.2, 0) is 16.1 Å². The molecular weight excluding hydrogens is 262 g/mol. The van der Waals surface area contributed by atoms with Gasteiger partial charge in [0.2, 0.25) is 5.91 Å². The highest BCUT2D eigenvalue weighted by molar-refractivity contribution is 5.75. The highest BCUT2D eigenvalue weighted by atomic mass is 16.4. The largest absolute Gasteiger partial charge is 0.481 e. The van der Waals surface area contributed by atoms with E-state index in [-0.39, 0.29) is 12.5 Å². The van der Waals surface area contributed by atoms with Gasteiger partial charge in [-0.2, -0.15) is 0 Å². The van der Waals surface area contributed by atoms with Crippen LogP contribution in [0.3, 0.4) is 0 Å². The molecule has 108 valence electrons. The Balaban J connectivity index is 0.000000444. The first-order valence-electron chi connectivity index (χ1n) is 5.82. The molecule has 0 spiro atoms. The zero-order valence-corrected chi connectivity index (χ0v) is 11.6. The molecule has 0 unspecified atom stereocenters. The van der Waals surface area contributed by atoms with E-state index in [2.05, 4.69) is 15.0 Å². The van der Waals surface area contributed by atoms with Crippen molar-refractivity contribution in [3.8, 4) is 11.6 Å². The van der Waals surface area contributed by atoms with Crippen molar-refractivity contribution in [2.45, 2.75) is 13.5 Å². The van der Waals surface area contributed by atoms with E-state index in [0.717, 1.165) is 6.92 Å². The van der Waals surface area contributed by atoms with E-state index in [4.69, 9.17) is 9.90 Å². The summed E-state index contributed by atoms with van der Waals surface area (Å²) >= 11 is 0. The maximum atomic E-state index is 11.6. The van der Waals surface area contributed by atoms with E-state index >= 15 is 0 Å². The molecule has 0 fully saturated rings. The second-order valence-electron chi connectivity index (χ2n) is 4.12. The number of rotatable bonds is 3. The summed E-state index contributed by atoms with van der Waals surface area (Å²) in [5.41, 5.74) is 0. The lowest BCUT2D eigenvalue weighted by Crippen LogP contribution is -2.26. The van der Waals surface area contributed by atoms with Crippen molar-refractivity contribution in [2.24, 2.45) is 0 Å². The summed E-state index contributed by atoms with van der Waals surface area (Å²) in [4.78, 5) is 33.4. The molecule has 2 aromatic rings. The Labute approximate surface area is 116 Å². The molecule has 2 aromatic heterocycles. The molecule has 0 aromatic carbocycles. The molecule has 0 atom stereocenters. The number of aromatic nitrogens is 4. The van der Waals surface area contributed by atoms with Crippen LogP contribution >= 0.6 is 0 Å². The lowest BCUT2D eigenvalue weighted by atomic mass is 10.5. The average molecular weight is 279 g/mol. The molecule has 2 N–H and O–H groups in total. The molecular formula is C12H17N5O3. The highest BCUT2D eigenvalue weighted by Gasteiger charge is 2.11. The number of nitrogens with zero attached hydrogens (tertiary/aromatic N) is 4. The van der Waals surface area contributed by atoms with Crippen LogP contribution in [0.1, 0.15) is 6.92 Å². The van der Waals surface area contributed by atoms with Gasteiger partial charge in [-0.1, -0.05) is 0 Å². The molecule has 8 nitrogen and oxygen atoms in total. The summed E-state index contributed by atoms with van der Waals surface area (Å²) in [5, 5.41) is 7.42. The lowest BCUT2D eigenvalue weighted by Gasteiger charge is -2.11. The summed E-state index contributed by atoms with van der Waals surface area (Å²) in [6.07, 6.45) is 6.80. The van der Waals surface area contributed by atoms with Gasteiger partial charge >= 0.3 is 0 Å². The van der Waals surface area contributed by atoms with Crippen LogP contribution in [0.5, 0.6) is 0 Å². The summed E-state index contributed by atoms with van der Waals surface area (Å²) in [6, 6.07) is 0. The Hall–Kier alpha value is -2.64. The van der Waals surface area contributed by atoms with E-state index in [1.54, 1.807) is 48.3 Å². The molecule has 2 heterocycles. The van der Waals surface area contributed by atoms with Crippen molar-refractivity contribution >= 4 is 11.9 Å². The van der Waals surface area contributed by atoms with Crippen LogP contribution in [0.4, 0.5) is 0 Å². The van der Waals surface area contributed by atoms with Gasteiger partial charge in [0, 0.05) is 45.8 Å². The normalized spacial score (nSPS) is 9.55. The second-order valence-corrected chi connectivity index (χ2v) is 4.12. The number of H-pyrrole nitrogens is 1. The van der Waals surface area contributed by atoms with Gasteiger partial charge < -0.3 is 19.6 Å². The number of carboxylic acid groups (broad SMARTS) is 1. The van der Waals surface area contributed by atoms with Crippen molar-refractivity contribution in [1.82, 2.24) is 24.4 Å². The Kier molecular flexibility index (Phi) is 5.45. The third kappa shape index (κ3) is 4.56. The summed E-state index contributed by atoms with van der Waals surface area (Å²) in [7, 11) is 3.46. The molecule has 2 rings (SSSR count). The standard InChI is InChI=1S/C10H13N5O.C2H4O2/c1-14(2)8(16)7-15-6-5-13-10(15)9-11-3-4-12-9;1-2(3)4/h3-6H,7H2,1-2H3,(H,11,12);1H3,(H,3,4). The predicted octanol–water partition coefficient (Wildman–Crippen LogP) is 0.452. The Morgan fingerprint density at radius 1 is 1.35 bits per heavy atom. The highest BCUT2D eigenvalue weighted by Crippen LogP contribution is 2.11. The third-order valence-electron chi connectivity index (χ3n) is 2.23. The van der Waals surface area contributed by atoms with Gasteiger partial charge in [0.1, 0.15) is 6.54 Å². The van der Waals surface area contributed by atoms with Crippen LogP contribution in [0.15, 0.2) is 24.8 Å². The monoisotopic (exact) mass is 279 g/mol. The van der Waals surface area contributed by atoms with Gasteiger partial charge in [0.25, 0.3) is 5.97 Å². The van der Waals surface area contributed by atoms with Crippen molar-refractivity contribution in [3.63, 3.8) is 0 Å². The van der Waals surface area contributed by atoms with Gasteiger partial charge in [0.05, 0.1) is 0 Å². The topological polar surface area (TPSA) is 104 Å². The number of aliphatic carboxylic acids is 1. The summed E-state index contributed by atoms with van der Waals surface area (Å²) < 4.78 is 1.77. The molecule has 20 heavy (non-hydrogen) atoms. The molecule has 0 radical (unpaired) electrons.